The molecule has 0 N–H and O–H groups in total. The molecule has 2 bridgehead atoms. The van der Waals surface area contributed by atoms with Crippen molar-refractivity contribution in [2.24, 2.45) is 11.8 Å². The number of aldehydes is 1. The molecule has 2 atom stereocenters. The lowest BCUT2D eigenvalue weighted by Gasteiger charge is -2.56. The molecule has 1 saturated heterocycles. The zero-order chi connectivity index (χ0) is 23.8. The van der Waals surface area contributed by atoms with Crippen molar-refractivity contribution in [1.82, 2.24) is 0 Å². The minimum absolute atomic E-state index is 0.237. The quantitative estimate of drug-likeness (QED) is 0.346. The number of nitrogens with zero attached hydrogens (tertiary/aromatic N) is 1. The van der Waals surface area contributed by atoms with E-state index in [2.05, 4.69) is 0 Å². The molecular formula is C28H21NO5. The molecule has 1 aliphatic heterocycles. The van der Waals surface area contributed by atoms with Gasteiger partial charge in [0.05, 0.1) is 35.6 Å². The Hall–Kier alpha value is -4.06. The standard InChI is InChI=1S/C28H21NO5/c1-27-18-10-3-5-12-20(18)28(15-30,21-13-6-4-11-19(21)27)23-22(27)24(31)29(25(23)32)17-9-7-8-16(14-17)26(33)34-2/h3-15,22-23H,1-2H3. The molecule has 6 nitrogen and oxygen atoms in total. The number of imide groups is 1. The summed E-state index contributed by atoms with van der Waals surface area (Å²) in [7, 11) is 1.27. The SMILES string of the molecule is COC(=O)c1cccc(N2C(=O)C3C(C2=O)C2(C=O)c4ccccc4C3(C)c3ccccc32)c1. The van der Waals surface area contributed by atoms with Crippen LogP contribution in [0.4, 0.5) is 5.69 Å². The Morgan fingerprint density at radius 3 is 1.97 bits per heavy atom. The maximum atomic E-state index is 14.0. The third-order valence-corrected chi connectivity index (χ3v) is 7.99. The van der Waals surface area contributed by atoms with Gasteiger partial charge in [0.1, 0.15) is 6.29 Å². The average molecular weight is 451 g/mol. The second kappa shape index (κ2) is 6.73. The summed E-state index contributed by atoms with van der Waals surface area (Å²) in [5.74, 6) is -2.99. The normalized spacial score (nSPS) is 28.2. The Kier molecular flexibility index (Phi) is 4.07. The summed E-state index contributed by atoms with van der Waals surface area (Å²) in [6.45, 7) is 2.00. The van der Waals surface area contributed by atoms with Crippen molar-refractivity contribution in [3.8, 4) is 0 Å². The smallest absolute Gasteiger partial charge is 0.337 e. The first-order valence-electron chi connectivity index (χ1n) is 11.1. The Labute approximate surface area is 196 Å². The van der Waals surface area contributed by atoms with E-state index in [9.17, 15) is 19.2 Å². The summed E-state index contributed by atoms with van der Waals surface area (Å²) < 4.78 is 4.81. The number of ether oxygens (including phenoxy) is 1. The molecule has 34 heavy (non-hydrogen) atoms. The van der Waals surface area contributed by atoms with Crippen molar-refractivity contribution < 1.29 is 23.9 Å². The first-order valence-corrected chi connectivity index (χ1v) is 11.1. The summed E-state index contributed by atoms with van der Waals surface area (Å²) in [6.07, 6.45) is 0.848. The number of anilines is 1. The molecule has 4 aliphatic rings. The van der Waals surface area contributed by atoms with E-state index in [0.717, 1.165) is 33.4 Å². The van der Waals surface area contributed by atoms with Crippen molar-refractivity contribution in [1.29, 1.82) is 0 Å². The number of hydrogen-bond acceptors (Lipinski definition) is 5. The van der Waals surface area contributed by atoms with E-state index < -0.39 is 34.5 Å². The van der Waals surface area contributed by atoms with E-state index in [1.165, 1.54) is 13.2 Å². The number of carbonyl (C=O) groups excluding carboxylic acids is 4. The molecule has 6 heteroatoms. The summed E-state index contributed by atoms with van der Waals surface area (Å²) >= 11 is 0. The Balaban J connectivity index is 1.62. The minimum atomic E-state index is -1.27. The van der Waals surface area contributed by atoms with Crippen molar-refractivity contribution in [3.05, 3.63) is 101 Å². The van der Waals surface area contributed by atoms with Crippen LogP contribution in [0, 0.1) is 11.8 Å². The highest BCUT2D eigenvalue weighted by Crippen LogP contribution is 2.66. The Morgan fingerprint density at radius 2 is 1.41 bits per heavy atom. The van der Waals surface area contributed by atoms with Gasteiger partial charge >= 0.3 is 5.97 Å². The van der Waals surface area contributed by atoms with Gasteiger partial charge in [0.15, 0.2) is 0 Å². The third kappa shape index (κ3) is 2.16. The van der Waals surface area contributed by atoms with Crippen LogP contribution in [0.1, 0.15) is 39.5 Å². The van der Waals surface area contributed by atoms with Crippen LogP contribution in [0.2, 0.25) is 0 Å². The van der Waals surface area contributed by atoms with Crippen LogP contribution in [0.15, 0.2) is 72.8 Å². The fourth-order valence-electron chi connectivity index (χ4n) is 6.61. The van der Waals surface area contributed by atoms with Gasteiger partial charge in [0.25, 0.3) is 0 Å². The highest BCUT2D eigenvalue weighted by atomic mass is 16.5. The molecule has 3 aromatic carbocycles. The number of esters is 1. The third-order valence-electron chi connectivity index (χ3n) is 7.99. The zero-order valence-electron chi connectivity index (χ0n) is 18.6. The fourth-order valence-corrected chi connectivity index (χ4v) is 6.61. The van der Waals surface area contributed by atoms with Crippen molar-refractivity contribution in [2.45, 2.75) is 17.8 Å². The highest BCUT2D eigenvalue weighted by Gasteiger charge is 2.72. The van der Waals surface area contributed by atoms with Crippen LogP contribution in [0.3, 0.4) is 0 Å². The van der Waals surface area contributed by atoms with Gasteiger partial charge in [-0.1, -0.05) is 61.5 Å². The lowest BCUT2D eigenvalue weighted by atomic mass is 9.42. The Morgan fingerprint density at radius 1 is 0.853 bits per heavy atom. The maximum Gasteiger partial charge on any atom is 0.337 e. The molecule has 0 radical (unpaired) electrons. The summed E-state index contributed by atoms with van der Waals surface area (Å²) in [6, 6.07) is 21.5. The molecule has 7 rings (SSSR count). The van der Waals surface area contributed by atoms with Gasteiger partial charge in [-0.05, 0) is 40.5 Å². The molecule has 1 fully saturated rings. The van der Waals surface area contributed by atoms with Crippen LogP contribution >= 0.6 is 0 Å². The minimum Gasteiger partial charge on any atom is -0.465 e. The number of benzene rings is 3. The number of carbonyl (C=O) groups is 4. The summed E-state index contributed by atoms with van der Waals surface area (Å²) in [5.41, 5.74) is 1.83. The van der Waals surface area contributed by atoms with Gasteiger partial charge in [-0.3, -0.25) is 9.59 Å². The van der Waals surface area contributed by atoms with E-state index in [-0.39, 0.29) is 11.5 Å². The average Bonchev–Trinajstić information content (AvgIpc) is 3.16. The van der Waals surface area contributed by atoms with E-state index in [0.29, 0.717) is 5.69 Å². The van der Waals surface area contributed by atoms with Crippen LogP contribution in [-0.2, 0) is 30.0 Å². The molecule has 3 aliphatic carbocycles. The molecule has 1 heterocycles. The van der Waals surface area contributed by atoms with Crippen molar-refractivity contribution in [2.75, 3.05) is 12.0 Å². The van der Waals surface area contributed by atoms with Gasteiger partial charge < -0.3 is 9.53 Å². The molecule has 168 valence electrons. The summed E-state index contributed by atoms with van der Waals surface area (Å²) in [5, 5.41) is 0. The van der Waals surface area contributed by atoms with Gasteiger partial charge in [-0.2, -0.15) is 0 Å². The number of rotatable bonds is 3. The predicted molar refractivity (Wildman–Crippen MR) is 123 cm³/mol. The molecule has 0 aromatic heterocycles. The van der Waals surface area contributed by atoms with Crippen LogP contribution in [0.25, 0.3) is 0 Å². The van der Waals surface area contributed by atoms with Crippen molar-refractivity contribution in [3.63, 3.8) is 0 Å². The fraction of sp³-hybridized carbons (Fsp3) is 0.214. The van der Waals surface area contributed by atoms with Crippen LogP contribution in [0.5, 0.6) is 0 Å². The lowest BCUT2D eigenvalue weighted by Crippen LogP contribution is -2.61. The lowest BCUT2D eigenvalue weighted by molar-refractivity contribution is -0.129. The molecule has 0 saturated carbocycles. The first-order chi connectivity index (χ1) is 16.4. The summed E-state index contributed by atoms with van der Waals surface area (Å²) in [4.78, 5) is 54.4. The maximum absolute atomic E-state index is 14.0. The van der Waals surface area contributed by atoms with Gasteiger partial charge in [-0.25, -0.2) is 9.69 Å². The second-order valence-electron chi connectivity index (χ2n) is 9.29. The second-order valence-corrected chi connectivity index (χ2v) is 9.29. The van der Waals surface area contributed by atoms with Gasteiger partial charge in [0.2, 0.25) is 11.8 Å². The van der Waals surface area contributed by atoms with Crippen LogP contribution < -0.4 is 4.90 Å². The predicted octanol–water partition coefficient (Wildman–Crippen LogP) is 3.40. The largest absolute Gasteiger partial charge is 0.465 e. The van der Waals surface area contributed by atoms with E-state index >= 15 is 0 Å². The van der Waals surface area contributed by atoms with Crippen LogP contribution in [-0.4, -0.2) is 31.2 Å². The molecular weight excluding hydrogens is 430 g/mol. The Bertz CT molecular complexity index is 1380. The number of hydrogen-bond donors (Lipinski definition) is 0. The molecule has 3 aromatic rings. The highest BCUT2D eigenvalue weighted by molar-refractivity contribution is 6.25. The number of amides is 2. The molecule has 0 spiro atoms. The molecule has 2 amide bonds. The monoisotopic (exact) mass is 451 g/mol. The van der Waals surface area contributed by atoms with E-state index in [1.54, 1.807) is 18.2 Å². The molecule has 2 unspecified atom stereocenters. The van der Waals surface area contributed by atoms with E-state index in [4.69, 9.17) is 4.74 Å². The zero-order valence-corrected chi connectivity index (χ0v) is 18.6. The van der Waals surface area contributed by atoms with E-state index in [1.807, 2.05) is 55.5 Å². The first kappa shape index (κ1) is 20.5. The topological polar surface area (TPSA) is 80.8 Å². The van der Waals surface area contributed by atoms with Gasteiger partial charge in [0, 0.05) is 5.41 Å². The van der Waals surface area contributed by atoms with Crippen molar-refractivity contribution >= 4 is 29.8 Å². The van der Waals surface area contributed by atoms with Gasteiger partial charge in [-0.15, -0.1) is 0 Å². The number of methoxy groups -OCH3 is 1.